The fourth-order valence-electron chi connectivity index (χ4n) is 0. The predicted molar refractivity (Wildman–Crippen MR) is 16.2 cm³/mol. The molecule has 3 N–H and O–H groups in total. The minimum atomic E-state index is -1.75. The second kappa shape index (κ2) is 30.6. The van der Waals surface area contributed by atoms with Gasteiger partial charge >= 0.3 is 0 Å². The fourth-order valence-corrected chi connectivity index (χ4v) is 0. The first-order valence-corrected chi connectivity index (χ1v) is 0.548. The molecule has 0 rings (SSSR count). The van der Waals surface area contributed by atoms with Gasteiger partial charge in [-0.2, -0.15) is 0 Å². The van der Waals surface area contributed by atoms with Crippen LogP contribution in [0.5, 0.6) is 0 Å². The van der Waals surface area contributed by atoms with Crippen molar-refractivity contribution in [1.82, 2.24) is 0 Å². The van der Waals surface area contributed by atoms with Gasteiger partial charge in [0.25, 0.3) is 0 Å². The first-order valence-electron chi connectivity index (χ1n) is 0.548. The maximum atomic E-state index is 8.25. The molecule has 0 fully saturated rings. The molecule has 0 saturated heterocycles. The van der Waals surface area contributed by atoms with Crippen molar-refractivity contribution in [2.75, 3.05) is 0 Å². The molecule has 0 aromatic rings. The maximum absolute atomic E-state index is 8.25. The van der Waals surface area contributed by atoms with Crippen molar-refractivity contribution in [3.8, 4) is 0 Å². The van der Waals surface area contributed by atoms with E-state index >= 15 is 0 Å². The van der Waals surface area contributed by atoms with E-state index in [2.05, 4.69) is 0 Å². The van der Waals surface area contributed by atoms with Gasteiger partial charge in [-0.3, -0.25) is 0 Å². The molecule has 0 aliphatic heterocycles. The summed E-state index contributed by atoms with van der Waals surface area (Å²) in [4.78, 5) is 8.25. The summed E-state index contributed by atoms with van der Waals surface area (Å²) in [7, 11) is 0. The standard InChI is InChI=1S/Cu.NO3.3H2O/c;2-1(3)4;;;/h;;3*1H2/q;-1;;;/p-3. The zero-order valence-corrected chi connectivity index (χ0v) is 4.26. The second-order valence-corrected chi connectivity index (χ2v) is 0.224. The van der Waals surface area contributed by atoms with Crippen LogP contribution in [0.1, 0.15) is 0 Å². The van der Waals surface area contributed by atoms with Crippen LogP contribution in [-0.2, 0) is 17.1 Å². The van der Waals surface area contributed by atoms with Crippen LogP contribution in [0.2, 0.25) is 0 Å². The van der Waals surface area contributed by atoms with Gasteiger partial charge in [0, 0.05) is 17.1 Å². The molecule has 0 spiro atoms. The Morgan fingerprint density at radius 2 is 1.00 bits per heavy atom. The molecule has 0 saturated carbocycles. The first kappa shape index (κ1) is 49.0. The third kappa shape index (κ3) is 738. The average molecular weight is 177 g/mol. The number of nitrogens with zero attached hydrogens (tertiary/aromatic N) is 1. The third-order valence-electron chi connectivity index (χ3n) is 0. The van der Waals surface area contributed by atoms with E-state index in [1.807, 2.05) is 0 Å². The molecule has 59 valence electrons. The Bertz CT molecular complexity index is 31.5. The van der Waals surface area contributed by atoms with Crippen LogP contribution >= 0.6 is 0 Å². The molecule has 7 nitrogen and oxygen atoms in total. The van der Waals surface area contributed by atoms with Gasteiger partial charge in [-0.1, -0.05) is 0 Å². The van der Waals surface area contributed by atoms with E-state index in [0.29, 0.717) is 0 Å². The maximum Gasteiger partial charge on any atom is 0.0689 e. The Labute approximate surface area is 54.8 Å². The van der Waals surface area contributed by atoms with Crippen LogP contribution in [-0.4, -0.2) is 21.5 Å². The Morgan fingerprint density at radius 3 is 1.00 bits per heavy atom. The Kier molecular flexibility index (Phi) is 187. The average Bonchev–Trinajstić information content (AvgIpc) is 0.811. The molecule has 0 bridgehead atoms. The summed E-state index contributed by atoms with van der Waals surface area (Å²) in [5.74, 6) is 0. The van der Waals surface area contributed by atoms with Gasteiger partial charge in [-0.05, 0) is 0 Å². The molecule has 0 unspecified atom stereocenters. The number of hydrogen-bond donors (Lipinski definition) is 0. The molecule has 0 aromatic heterocycles. The number of hydrogen-bond acceptors (Lipinski definition) is 6. The van der Waals surface area contributed by atoms with Gasteiger partial charge in [-0.25, -0.2) is 0 Å². The van der Waals surface area contributed by atoms with Gasteiger partial charge in [0.05, 0.1) is 5.09 Å². The van der Waals surface area contributed by atoms with E-state index in [-0.39, 0.29) is 33.5 Å². The Hall–Kier alpha value is -0.401. The topological polar surface area (TPSA) is 156 Å². The van der Waals surface area contributed by atoms with Gasteiger partial charge < -0.3 is 31.8 Å². The molecule has 8 heteroatoms. The van der Waals surface area contributed by atoms with Gasteiger partial charge in [0.15, 0.2) is 0 Å². The summed E-state index contributed by atoms with van der Waals surface area (Å²) in [6, 6.07) is 0. The largest absolute Gasteiger partial charge is 0.870 e. The van der Waals surface area contributed by atoms with E-state index in [0.717, 1.165) is 0 Å². The molecule has 8 heavy (non-hydrogen) atoms. The van der Waals surface area contributed by atoms with Crippen LogP contribution in [0.3, 0.4) is 0 Å². The summed E-state index contributed by atoms with van der Waals surface area (Å²) in [5, 5.41) is 14.8. The van der Waals surface area contributed by atoms with Crippen LogP contribution in [0.25, 0.3) is 0 Å². The SMILES string of the molecule is O=[N+]([O-])[O-].[Cu].[OH-].[OH-].[OH-]. The fraction of sp³-hybridized carbons (Fsp3) is 0. The molecular weight excluding hydrogens is 174 g/mol. The first-order chi connectivity index (χ1) is 1.73. The summed E-state index contributed by atoms with van der Waals surface area (Å²) >= 11 is 0. The summed E-state index contributed by atoms with van der Waals surface area (Å²) < 4.78 is 0. The summed E-state index contributed by atoms with van der Waals surface area (Å²) in [6.45, 7) is 0. The van der Waals surface area contributed by atoms with Crippen LogP contribution in [0, 0.1) is 15.3 Å². The van der Waals surface area contributed by atoms with Crippen molar-refractivity contribution in [1.29, 1.82) is 0 Å². The normalized spacial score (nSPS) is 3.00. The predicted octanol–water partition coefficient (Wildman–Crippen LogP) is -0.772. The monoisotopic (exact) mass is 176 g/mol. The van der Waals surface area contributed by atoms with Crippen molar-refractivity contribution >= 4 is 0 Å². The summed E-state index contributed by atoms with van der Waals surface area (Å²) in [5.41, 5.74) is 0. The van der Waals surface area contributed by atoms with Crippen molar-refractivity contribution in [2.45, 2.75) is 0 Å². The Balaban J connectivity index is -0.00000000750. The third-order valence-corrected chi connectivity index (χ3v) is 0. The van der Waals surface area contributed by atoms with Gasteiger partial charge in [0.1, 0.15) is 0 Å². The van der Waals surface area contributed by atoms with E-state index in [9.17, 15) is 0 Å². The molecule has 0 aromatic carbocycles. The molecule has 0 aliphatic rings. The van der Waals surface area contributed by atoms with Crippen molar-refractivity contribution < 1.29 is 38.6 Å². The summed E-state index contributed by atoms with van der Waals surface area (Å²) in [6.07, 6.45) is 0. The second-order valence-electron chi connectivity index (χ2n) is 0.224. The molecule has 0 amide bonds. The van der Waals surface area contributed by atoms with E-state index in [1.165, 1.54) is 0 Å². The smallest absolute Gasteiger partial charge is 0.0689 e. The van der Waals surface area contributed by atoms with E-state index < -0.39 is 5.09 Å². The van der Waals surface area contributed by atoms with Crippen LogP contribution in [0.4, 0.5) is 0 Å². The number of rotatable bonds is 0. The van der Waals surface area contributed by atoms with Gasteiger partial charge in [0.2, 0.25) is 0 Å². The van der Waals surface area contributed by atoms with Crippen molar-refractivity contribution in [3.63, 3.8) is 0 Å². The van der Waals surface area contributed by atoms with Crippen molar-refractivity contribution in [3.05, 3.63) is 15.3 Å². The minimum absolute atomic E-state index is 0. The molecule has 0 atom stereocenters. The molecule has 0 aliphatic carbocycles. The zero-order valence-electron chi connectivity index (χ0n) is 3.32. The quantitative estimate of drug-likeness (QED) is 0.268. The van der Waals surface area contributed by atoms with E-state index in [1.54, 1.807) is 0 Å². The van der Waals surface area contributed by atoms with Crippen LogP contribution in [0.15, 0.2) is 0 Å². The minimum Gasteiger partial charge on any atom is -0.870 e. The van der Waals surface area contributed by atoms with Gasteiger partial charge in [-0.15, -0.1) is 0 Å². The van der Waals surface area contributed by atoms with Crippen molar-refractivity contribution in [2.24, 2.45) is 0 Å². The molecule has 0 heterocycles. The van der Waals surface area contributed by atoms with E-state index in [4.69, 9.17) is 15.3 Å². The zero-order chi connectivity index (χ0) is 3.58. The van der Waals surface area contributed by atoms with Crippen LogP contribution < -0.4 is 0 Å². The Morgan fingerprint density at radius 1 is 1.00 bits per heavy atom. The molecule has 1 radical (unpaired) electrons. The molecular formula is H3CuNO6-4.